The molecule has 12 heterocycles. The number of furan rings is 4. The standard InChI is InChI=1S/C25H27N2O.C24H25N2O.C21H21N2O.C20H19N2O/c1-16-13-14-27(3)22(15-16)23-17(2)9-10-19-20-11-12-21(18-7-5-4-6-8-18)26-25(20)28-24(19)23;1-15-12-13-26(3)21(14-15)22-16(2)8-9-18-19-10-11-20(17-6-4-5-7-17)25-24(19)27-23(18)22;1-5-15-7-9-17-16-8-6-14(3)19(20(16)24-21(17)22-15)18-12-13(2)10-11-23(18)4;1-12-9-10-22(4)17(11-12)18-13(2)5-7-15-16-8-6-14(3)21-20(16)23-19(15)18/h9-15,18H,4-8H2,1-3H3;8-14,17H,4-7H2,1-3H3;6-12H,5H2,1-4H3;5-11H,1-4H3/q4*+1/i7D2,8D2,18D;6D2,17D;;. The zero-order valence-corrected chi connectivity index (χ0v) is 60.8. The van der Waals surface area contributed by atoms with Crippen molar-refractivity contribution in [3.63, 3.8) is 0 Å². The normalized spacial score (nSPS) is 17.8. The van der Waals surface area contributed by atoms with Crippen molar-refractivity contribution in [3.8, 4) is 45.0 Å². The van der Waals surface area contributed by atoms with Crippen molar-refractivity contribution in [1.82, 2.24) is 19.9 Å². The van der Waals surface area contributed by atoms with Crippen LogP contribution in [-0.2, 0) is 34.6 Å². The molecule has 102 heavy (non-hydrogen) atoms. The predicted octanol–water partition coefficient (Wildman–Crippen LogP) is 20.9. The second kappa shape index (κ2) is 27.7. The third-order valence-corrected chi connectivity index (χ3v) is 20.1. The van der Waals surface area contributed by atoms with Gasteiger partial charge in [-0.15, -0.1) is 0 Å². The van der Waals surface area contributed by atoms with Gasteiger partial charge in [0.1, 0.15) is 28.2 Å². The Labute approximate surface area is 608 Å². The highest BCUT2D eigenvalue weighted by Crippen LogP contribution is 2.43. The molecule has 512 valence electrons. The van der Waals surface area contributed by atoms with Crippen molar-refractivity contribution < 1.29 is 46.9 Å². The zero-order valence-electron chi connectivity index (χ0n) is 68.8. The summed E-state index contributed by atoms with van der Waals surface area (Å²) in [7, 11) is 8.16. The van der Waals surface area contributed by atoms with Crippen LogP contribution in [0.25, 0.3) is 133 Å². The van der Waals surface area contributed by atoms with Crippen molar-refractivity contribution in [2.45, 2.75) is 145 Å². The fourth-order valence-electron chi connectivity index (χ4n) is 14.5. The highest BCUT2D eigenvalue weighted by molar-refractivity contribution is 6.12. The van der Waals surface area contributed by atoms with Crippen LogP contribution in [0, 0.1) is 62.3 Å². The molecule has 2 aliphatic carbocycles. The smallest absolute Gasteiger partial charge is 0.227 e. The SMILES string of the molecule is CCc1ccc2c(n1)oc1c(-c3cc(C)cc[n+]3C)c(C)ccc12.Cc1cc[n+](C)c(-c2c(C)ccc3c2oc2nc(C)ccc23)c1.[2H]C1([2H])CCCC([2H])([2H])C1([2H])c1ccc2c(n1)oc1c(-c3cc(C)cc[n+]3C)c(C)ccc12.[2H]C1([2H])CCCC1([2H])c1ccc2c(n1)oc1c(-c3cc(C)cc[n+]3C)c(C)ccc12. The summed E-state index contributed by atoms with van der Waals surface area (Å²) >= 11 is 0. The van der Waals surface area contributed by atoms with Crippen LogP contribution >= 0.6 is 0 Å². The van der Waals surface area contributed by atoms with E-state index in [1.54, 1.807) is 18.2 Å². The van der Waals surface area contributed by atoms with Gasteiger partial charge in [0.05, 0.1) is 22.3 Å². The van der Waals surface area contributed by atoms with Crippen molar-refractivity contribution in [1.29, 1.82) is 0 Å². The summed E-state index contributed by atoms with van der Waals surface area (Å²) in [5.74, 6) is -3.45. The summed E-state index contributed by atoms with van der Waals surface area (Å²) in [5, 5.41) is 7.94. The van der Waals surface area contributed by atoms with E-state index < -0.39 is 30.9 Å². The minimum absolute atomic E-state index is 0.0724. The maximum atomic E-state index is 8.98. The van der Waals surface area contributed by atoms with Crippen molar-refractivity contribution in [2.24, 2.45) is 28.2 Å². The number of hydrogen-bond donors (Lipinski definition) is 0. The van der Waals surface area contributed by atoms with E-state index in [9.17, 15) is 0 Å². The van der Waals surface area contributed by atoms with Crippen LogP contribution in [0.1, 0.15) is 155 Å². The first-order valence-electron chi connectivity index (χ1n) is 39.4. The van der Waals surface area contributed by atoms with Crippen LogP contribution in [-0.4, -0.2) is 19.9 Å². The van der Waals surface area contributed by atoms with Gasteiger partial charge in [-0.25, -0.2) is 38.2 Å². The number of aromatic nitrogens is 8. The molecule has 2 saturated carbocycles. The molecule has 0 saturated heterocycles. The average Bonchev–Trinajstić information content (AvgIpc) is 1.00. The Morgan fingerprint density at radius 2 is 0.667 bits per heavy atom. The summed E-state index contributed by atoms with van der Waals surface area (Å²) in [6.07, 6.45) is 5.71. The monoisotopic (exact) mass is 1360 g/mol. The summed E-state index contributed by atoms with van der Waals surface area (Å²) in [5.41, 5.74) is 26.1. The third-order valence-electron chi connectivity index (χ3n) is 20.1. The maximum absolute atomic E-state index is 8.98. The third kappa shape index (κ3) is 12.7. The zero-order chi connectivity index (χ0) is 78.0. The van der Waals surface area contributed by atoms with Gasteiger partial charge >= 0.3 is 0 Å². The van der Waals surface area contributed by atoms with Gasteiger partial charge in [-0.3, -0.25) is 0 Å². The predicted molar refractivity (Wildman–Crippen MR) is 412 cm³/mol. The van der Waals surface area contributed by atoms with E-state index in [1.807, 2.05) is 82.2 Å². The Hall–Kier alpha value is -10.7. The van der Waals surface area contributed by atoms with Gasteiger partial charge in [0, 0.05) is 137 Å². The molecule has 2 aliphatic rings. The van der Waals surface area contributed by atoms with Crippen molar-refractivity contribution >= 4 is 88.3 Å². The fraction of sp³-hybridized carbons (Fsp3) is 0.289. The highest BCUT2D eigenvalue weighted by atomic mass is 16.4. The van der Waals surface area contributed by atoms with Crippen LogP contribution < -0.4 is 18.3 Å². The average molecular weight is 1360 g/mol. The Morgan fingerprint density at radius 3 is 1.03 bits per heavy atom. The van der Waals surface area contributed by atoms with E-state index in [-0.39, 0.29) is 18.5 Å². The van der Waals surface area contributed by atoms with Gasteiger partial charge in [0.15, 0.2) is 47.1 Å². The highest BCUT2D eigenvalue weighted by Gasteiger charge is 2.28. The molecular weight excluding hydrogens is 1260 g/mol. The largest absolute Gasteiger partial charge is 0.437 e. The van der Waals surface area contributed by atoms with E-state index in [2.05, 4.69) is 206 Å². The summed E-state index contributed by atoms with van der Waals surface area (Å²) < 4.78 is 102. The molecule has 12 aromatic heterocycles. The second-order valence-electron chi connectivity index (χ2n) is 27.7. The van der Waals surface area contributed by atoms with E-state index in [1.165, 1.54) is 27.8 Å². The molecule has 0 amide bonds. The number of pyridine rings is 8. The fourth-order valence-corrected chi connectivity index (χ4v) is 14.5. The minimum Gasteiger partial charge on any atom is -0.437 e. The Bertz CT molecular complexity index is 6380. The lowest BCUT2D eigenvalue weighted by Gasteiger charge is -2.20. The lowest BCUT2D eigenvalue weighted by Crippen LogP contribution is -2.30. The molecule has 0 radical (unpaired) electrons. The van der Waals surface area contributed by atoms with Crippen LogP contribution in [0.2, 0.25) is 0 Å². The van der Waals surface area contributed by atoms with Gasteiger partial charge in [-0.2, -0.15) is 0 Å². The first-order chi connectivity index (χ1) is 52.3. The van der Waals surface area contributed by atoms with E-state index in [4.69, 9.17) is 28.6 Å². The molecule has 0 bridgehead atoms. The maximum Gasteiger partial charge on any atom is 0.227 e. The van der Waals surface area contributed by atoms with E-state index in [0.717, 1.165) is 145 Å². The molecule has 2 fully saturated rings. The number of fused-ring (bicyclic) bond motifs is 12. The summed E-state index contributed by atoms with van der Waals surface area (Å²) in [6.45, 7) is 20.8. The Kier molecular flexibility index (Phi) is 15.7. The second-order valence-corrected chi connectivity index (χ2v) is 27.7. The van der Waals surface area contributed by atoms with Gasteiger partial charge in [-0.05, 0) is 187 Å². The molecule has 1 unspecified atom stereocenters. The molecule has 0 aliphatic heterocycles. The van der Waals surface area contributed by atoms with Gasteiger partial charge < -0.3 is 17.7 Å². The van der Waals surface area contributed by atoms with Crippen LogP contribution in [0.3, 0.4) is 0 Å². The summed E-state index contributed by atoms with van der Waals surface area (Å²) in [6, 6.07) is 49.3. The number of nitrogens with zero attached hydrogens (tertiary/aromatic N) is 8. The topological polar surface area (TPSA) is 120 Å². The van der Waals surface area contributed by atoms with Crippen LogP contribution in [0.5, 0.6) is 0 Å². The van der Waals surface area contributed by atoms with E-state index in [0.29, 0.717) is 54.1 Å². The number of hydrogen-bond acceptors (Lipinski definition) is 8. The number of rotatable bonds is 7. The Morgan fingerprint density at radius 1 is 0.353 bits per heavy atom. The molecule has 12 heteroatoms. The summed E-state index contributed by atoms with van der Waals surface area (Å²) in [4.78, 5) is 18.4. The van der Waals surface area contributed by atoms with Crippen LogP contribution in [0.15, 0.2) is 188 Å². The molecule has 0 N–H and O–H groups in total. The molecule has 1 atom stereocenters. The van der Waals surface area contributed by atoms with Crippen molar-refractivity contribution in [3.05, 3.63) is 238 Å². The molecular formula is C90H92N8O4+4. The van der Waals surface area contributed by atoms with E-state index >= 15 is 0 Å². The first kappa shape index (κ1) is 58.0. The van der Waals surface area contributed by atoms with Gasteiger partial charge in [0.2, 0.25) is 45.6 Å². The molecule has 16 aromatic rings. The number of aryl methyl sites for hydroxylation is 14. The lowest BCUT2D eigenvalue weighted by atomic mass is 9.86. The van der Waals surface area contributed by atoms with Crippen molar-refractivity contribution in [2.75, 3.05) is 0 Å². The molecule has 12 nitrogen and oxygen atoms in total. The minimum atomic E-state index is -2.12. The first-order valence-corrected chi connectivity index (χ1v) is 35.4. The molecule has 4 aromatic carbocycles. The van der Waals surface area contributed by atoms with Gasteiger partial charge in [-0.1, -0.05) is 87.6 Å². The molecule has 0 spiro atoms. The Balaban J connectivity index is 0.000000118. The number of benzene rings is 4. The lowest BCUT2D eigenvalue weighted by molar-refractivity contribution is -0.660. The molecule has 18 rings (SSSR count). The van der Waals surface area contributed by atoms with Gasteiger partial charge in [0.25, 0.3) is 0 Å². The van der Waals surface area contributed by atoms with Crippen LogP contribution in [0.4, 0.5) is 0 Å². The quantitative estimate of drug-likeness (QED) is 0.145.